The van der Waals surface area contributed by atoms with Crippen LogP contribution in [0.15, 0.2) is 41.2 Å². The van der Waals surface area contributed by atoms with Gasteiger partial charge >= 0.3 is 12.0 Å². The van der Waals surface area contributed by atoms with E-state index in [2.05, 4.69) is 25.3 Å². The first kappa shape index (κ1) is 14.5. The highest BCUT2D eigenvalue weighted by atomic mass is 16.5. The molecule has 0 radical (unpaired) electrons. The van der Waals surface area contributed by atoms with Gasteiger partial charge in [0.25, 0.3) is 0 Å². The van der Waals surface area contributed by atoms with Gasteiger partial charge in [-0.2, -0.15) is 4.98 Å². The molecule has 0 fully saturated rings. The summed E-state index contributed by atoms with van der Waals surface area (Å²) in [5.74, 6) is -0.798. The summed E-state index contributed by atoms with van der Waals surface area (Å²) < 4.78 is 4.52. The maximum absolute atomic E-state index is 11.7. The molecule has 8 nitrogen and oxygen atoms in total. The number of benzene rings is 1. The van der Waals surface area contributed by atoms with E-state index in [0.29, 0.717) is 5.82 Å². The van der Waals surface area contributed by atoms with E-state index in [1.54, 1.807) is 12.1 Å². The molecule has 0 aliphatic heterocycles. The molecule has 1 atom stereocenters. The van der Waals surface area contributed by atoms with Crippen molar-refractivity contribution in [2.24, 2.45) is 0 Å². The number of carbonyl (C=O) groups excluding carboxylic acids is 1. The fraction of sp³-hybridized carbons (Fsp3) is 0.231. The highest BCUT2D eigenvalue weighted by Crippen LogP contribution is 2.03. The average Bonchev–Trinajstić information content (AvgIpc) is 2.99. The summed E-state index contributed by atoms with van der Waals surface area (Å²) in [5.41, 5.74) is 0.823. The lowest BCUT2D eigenvalue weighted by molar-refractivity contribution is -0.139. The summed E-state index contributed by atoms with van der Waals surface area (Å²) in [6, 6.07) is 7.43. The fourth-order valence-corrected chi connectivity index (χ4v) is 1.69. The molecule has 0 saturated heterocycles. The summed E-state index contributed by atoms with van der Waals surface area (Å²) in [4.78, 5) is 26.6. The summed E-state index contributed by atoms with van der Waals surface area (Å²) in [7, 11) is 0. The maximum atomic E-state index is 11.7. The molecule has 3 N–H and O–H groups in total. The van der Waals surface area contributed by atoms with Crippen LogP contribution < -0.4 is 10.6 Å². The Labute approximate surface area is 120 Å². The van der Waals surface area contributed by atoms with Gasteiger partial charge in [-0.3, -0.25) is 0 Å². The first-order valence-corrected chi connectivity index (χ1v) is 6.21. The molecule has 0 bridgehead atoms. The second kappa shape index (κ2) is 7.04. The zero-order valence-electron chi connectivity index (χ0n) is 11.0. The summed E-state index contributed by atoms with van der Waals surface area (Å²) >= 11 is 0. The number of hydrogen-bond donors (Lipinski definition) is 3. The third-order valence-corrected chi connectivity index (χ3v) is 2.70. The van der Waals surface area contributed by atoms with Crippen LogP contribution in [-0.4, -0.2) is 33.3 Å². The molecule has 0 spiro atoms. The van der Waals surface area contributed by atoms with Crippen molar-refractivity contribution in [3.8, 4) is 0 Å². The number of hydrogen-bond acceptors (Lipinski definition) is 5. The molecule has 0 unspecified atom stereocenters. The van der Waals surface area contributed by atoms with Gasteiger partial charge in [0.2, 0.25) is 6.39 Å². The number of aliphatic carboxylic acids is 1. The lowest BCUT2D eigenvalue weighted by Gasteiger charge is -2.14. The molecule has 8 heteroatoms. The molecule has 21 heavy (non-hydrogen) atoms. The number of nitrogens with one attached hydrogen (secondary N) is 2. The van der Waals surface area contributed by atoms with E-state index in [1.807, 2.05) is 18.2 Å². The Bertz CT molecular complexity index is 585. The summed E-state index contributed by atoms with van der Waals surface area (Å²) in [6.07, 6.45) is 1.34. The van der Waals surface area contributed by atoms with Gasteiger partial charge in [-0.15, -0.1) is 0 Å². The molecular weight excluding hydrogens is 276 g/mol. The number of nitrogens with zero attached hydrogens (tertiary/aromatic N) is 2. The van der Waals surface area contributed by atoms with Crippen molar-refractivity contribution in [2.45, 2.75) is 19.0 Å². The van der Waals surface area contributed by atoms with Gasteiger partial charge in [-0.25, -0.2) is 9.59 Å². The number of carbonyl (C=O) groups is 2. The van der Waals surface area contributed by atoms with E-state index in [-0.39, 0.29) is 13.0 Å². The predicted octanol–water partition coefficient (Wildman–Crippen LogP) is 0.565. The average molecular weight is 290 g/mol. The summed E-state index contributed by atoms with van der Waals surface area (Å²) in [5, 5.41) is 17.5. The highest BCUT2D eigenvalue weighted by Gasteiger charge is 2.20. The van der Waals surface area contributed by atoms with Crippen LogP contribution in [0, 0.1) is 0 Å². The minimum Gasteiger partial charge on any atom is -0.480 e. The topological polar surface area (TPSA) is 117 Å². The van der Waals surface area contributed by atoms with Crippen LogP contribution in [0.25, 0.3) is 0 Å². The lowest BCUT2D eigenvalue weighted by atomic mass is 10.1. The Morgan fingerprint density at radius 3 is 2.67 bits per heavy atom. The van der Waals surface area contributed by atoms with Crippen LogP contribution in [0.4, 0.5) is 4.79 Å². The van der Waals surface area contributed by atoms with Crippen molar-refractivity contribution in [3.05, 3.63) is 48.1 Å². The molecule has 2 rings (SSSR count). The molecular formula is C13H14N4O4. The Morgan fingerprint density at radius 2 is 2.05 bits per heavy atom. The van der Waals surface area contributed by atoms with Crippen molar-refractivity contribution >= 4 is 12.0 Å². The number of amides is 2. The zero-order chi connectivity index (χ0) is 15.1. The molecule has 0 aliphatic rings. The molecule has 2 amide bonds. The van der Waals surface area contributed by atoms with Crippen LogP contribution in [0.1, 0.15) is 11.4 Å². The monoisotopic (exact) mass is 290 g/mol. The Hall–Kier alpha value is -2.90. The number of aromatic nitrogens is 2. The van der Waals surface area contributed by atoms with Gasteiger partial charge in [0.15, 0.2) is 5.82 Å². The predicted molar refractivity (Wildman–Crippen MR) is 71.2 cm³/mol. The van der Waals surface area contributed by atoms with Gasteiger partial charge < -0.3 is 20.3 Å². The normalized spacial score (nSPS) is 11.6. The van der Waals surface area contributed by atoms with E-state index in [1.165, 1.54) is 0 Å². The minimum absolute atomic E-state index is 0.0556. The second-order valence-electron chi connectivity index (χ2n) is 4.25. The molecule has 1 heterocycles. The molecule has 0 saturated carbocycles. The standard InChI is InChI=1S/C13H14N4O4/c18-12(19)10(6-9-4-2-1-3-5-9)16-13(20)14-7-11-15-8-21-17-11/h1-5,8,10H,6-7H2,(H,18,19)(H2,14,16,20)/t10-/m1/s1. The SMILES string of the molecule is O=C(NCc1ncon1)N[C@H](Cc1ccccc1)C(=O)O. The lowest BCUT2D eigenvalue weighted by Crippen LogP contribution is -2.47. The third kappa shape index (κ3) is 4.60. The Morgan fingerprint density at radius 1 is 1.29 bits per heavy atom. The van der Waals surface area contributed by atoms with Crippen molar-refractivity contribution in [1.29, 1.82) is 0 Å². The van der Waals surface area contributed by atoms with E-state index in [9.17, 15) is 9.59 Å². The van der Waals surface area contributed by atoms with Gasteiger partial charge in [-0.1, -0.05) is 35.5 Å². The third-order valence-electron chi connectivity index (χ3n) is 2.70. The summed E-state index contributed by atoms with van der Waals surface area (Å²) in [6.45, 7) is 0.0556. The van der Waals surface area contributed by atoms with Crippen molar-refractivity contribution in [1.82, 2.24) is 20.8 Å². The van der Waals surface area contributed by atoms with Crippen molar-refractivity contribution < 1.29 is 19.2 Å². The Kier molecular flexibility index (Phi) is 4.86. The maximum Gasteiger partial charge on any atom is 0.326 e. The van der Waals surface area contributed by atoms with E-state index < -0.39 is 18.0 Å². The quantitative estimate of drug-likeness (QED) is 0.715. The molecule has 2 aromatic rings. The van der Waals surface area contributed by atoms with Crippen molar-refractivity contribution in [2.75, 3.05) is 0 Å². The Balaban J connectivity index is 1.87. The molecule has 0 aliphatic carbocycles. The highest BCUT2D eigenvalue weighted by molar-refractivity contribution is 5.82. The number of rotatable bonds is 6. The number of urea groups is 1. The molecule has 1 aromatic carbocycles. The van der Waals surface area contributed by atoms with E-state index in [4.69, 9.17) is 5.11 Å². The zero-order valence-corrected chi connectivity index (χ0v) is 11.0. The smallest absolute Gasteiger partial charge is 0.326 e. The largest absolute Gasteiger partial charge is 0.480 e. The second-order valence-corrected chi connectivity index (χ2v) is 4.25. The first-order chi connectivity index (χ1) is 10.1. The molecule has 1 aromatic heterocycles. The van der Waals surface area contributed by atoms with Crippen LogP contribution in [0.3, 0.4) is 0 Å². The van der Waals surface area contributed by atoms with Crippen LogP contribution in [-0.2, 0) is 17.8 Å². The molecule has 110 valence electrons. The van der Waals surface area contributed by atoms with Crippen LogP contribution in [0.5, 0.6) is 0 Å². The van der Waals surface area contributed by atoms with Gasteiger partial charge in [0.05, 0.1) is 6.54 Å². The van der Waals surface area contributed by atoms with Crippen molar-refractivity contribution in [3.63, 3.8) is 0 Å². The van der Waals surface area contributed by atoms with E-state index >= 15 is 0 Å². The van der Waals surface area contributed by atoms with Crippen LogP contribution in [0.2, 0.25) is 0 Å². The minimum atomic E-state index is -1.10. The van der Waals surface area contributed by atoms with Gasteiger partial charge in [-0.05, 0) is 5.56 Å². The number of carboxylic acids is 1. The first-order valence-electron chi connectivity index (χ1n) is 6.21. The number of carboxylic acid groups (broad SMARTS) is 1. The van der Waals surface area contributed by atoms with Crippen LogP contribution >= 0.6 is 0 Å². The fourth-order valence-electron chi connectivity index (χ4n) is 1.69. The van der Waals surface area contributed by atoms with Gasteiger partial charge in [0.1, 0.15) is 6.04 Å². The van der Waals surface area contributed by atoms with Gasteiger partial charge in [0, 0.05) is 6.42 Å². The van der Waals surface area contributed by atoms with E-state index in [0.717, 1.165) is 12.0 Å².